The average Bonchev–Trinajstić information content (AvgIpc) is 2.38. The highest BCUT2D eigenvalue weighted by molar-refractivity contribution is 5.79. The molecule has 2 heteroatoms. The molecule has 1 aliphatic carbocycles. The number of carbonyl (C=O) groups is 1. The van der Waals surface area contributed by atoms with E-state index in [1.54, 1.807) is 0 Å². The fraction of sp³-hybridized carbons (Fsp3) is 0.588. The van der Waals surface area contributed by atoms with Crippen molar-refractivity contribution in [3.05, 3.63) is 29.8 Å². The first-order valence-electron chi connectivity index (χ1n) is 7.23. The summed E-state index contributed by atoms with van der Waals surface area (Å²) in [6, 6.07) is 9.15. The molecule has 1 aromatic carbocycles. The van der Waals surface area contributed by atoms with Crippen LogP contribution in [0.2, 0.25) is 0 Å². The van der Waals surface area contributed by atoms with Gasteiger partial charge in [0.25, 0.3) is 0 Å². The Morgan fingerprint density at radius 3 is 2.26 bits per heavy atom. The summed E-state index contributed by atoms with van der Waals surface area (Å²) in [5.41, 5.74) is 2.85. The Morgan fingerprint density at radius 2 is 1.68 bits per heavy atom. The fourth-order valence-corrected chi connectivity index (χ4v) is 2.92. The van der Waals surface area contributed by atoms with Crippen molar-refractivity contribution in [3.8, 4) is 0 Å². The van der Waals surface area contributed by atoms with Crippen molar-refractivity contribution in [2.24, 2.45) is 0 Å². The molecule has 0 unspecified atom stereocenters. The highest BCUT2D eigenvalue weighted by atomic mass is 16.1. The number of nitrogens with zero attached hydrogens (tertiary/aromatic N) is 1. The van der Waals surface area contributed by atoms with Crippen LogP contribution in [0.5, 0.6) is 0 Å². The van der Waals surface area contributed by atoms with E-state index in [1.807, 2.05) is 0 Å². The highest BCUT2D eigenvalue weighted by Crippen LogP contribution is 2.34. The summed E-state index contributed by atoms with van der Waals surface area (Å²) < 4.78 is 0. The normalized spacial score (nSPS) is 17.6. The van der Waals surface area contributed by atoms with Gasteiger partial charge in [0, 0.05) is 31.6 Å². The van der Waals surface area contributed by atoms with Gasteiger partial charge in [-0.1, -0.05) is 39.0 Å². The van der Waals surface area contributed by atoms with Gasteiger partial charge in [0.15, 0.2) is 0 Å². The van der Waals surface area contributed by atoms with E-state index in [0.29, 0.717) is 11.8 Å². The molecule has 0 heterocycles. The lowest BCUT2D eigenvalue weighted by atomic mass is 9.84. The third-order valence-electron chi connectivity index (χ3n) is 4.15. The lowest BCUT2D eigenvalue weighted by molar-refractivity contribution is -0.120. The molecule has 0 spiro atoms. The van der Waals surface area contributed by atoms with Crippen molar-refractivity contribution in [2.75, 3.05) is 11.9 Å². The van der Waals surface area contributed by atoms with Gasteiger partial charge in [0.1, 0.15) is 5.78 Å². The summed E-state index contributed by atoms with van der Waals surface area (Å²) in [4.78, 5) is 13.8. The molecular weight excluding hydrogens is 234 g/mol. The van der Waals surface area contributed by atoms with Crippen molar-refractivity contribution >= 4 is 11.5 Å². The van der Waals surface area contributed by atoms with Crippen LogP contribution in [-0.4, -0.2) is 18.9 Å². The van der Waals surface area contributed by atoms with E-state index >= 15 is 0 Å². The number of hydrogen-bond acceptors (Lipinski definition) is 2. The van der Waals surface area contributed by atoms with Crippen LogP contribution in [0.1, 0.15) is 52.0 Å². The second kappa shape index (κ2) is 5.36. The molecule has 104 valence electrons. The molecule has 0 N–H and O–H groups in total. The maximum atomic E-state index is 11.4. The van der Waals surface area contributed by atoms with E-state index < -0.39 is 0 Å². The minimum absolute atomic E-state index is 0.148. The van der Waals surface area contributed by atoms with Gasteiger partial charge in [-0.3, -0.25) is 4.79 Å². The SMILES string of the molecule is CN(c1ccccc1C(C)(C)C)C1CCC(=O)CC1. The Bertz CT molecular complexity index is 449. The number of hydrogen-bond donors (Lipinski definition) is 0. The number of Topliss-reactive ketones (excluding diaryl/α,β-unsaturated/α-hetero) is 1. The van der Waals surface area contributed by atoms with Crippen LogP contribution < -0.4 is 4.90 Å². The first-order chi connectivity index (χ1) is 8.89. The molecule has 19 heavy (non-hydrogen) atoms. The van der Waals surface area contributed by atoms with Gasteiger partial charge in [0.2, 0.25) is 0 Å². The molecule has 0 amide bonds. The first-order valence-corrected chi connectivity index (χ1v) is 7.23. The fourth-order valence-electron chi connectivity index (χ4n) is 2.92. The molecule has 0 aliphatic heterocycles. The van der Waals surface area contributed by atoms with Crippen molar-refractivity contribution in [1.29, 1.82) is 0 Å². The predicted octanol–water partition coefficient (Wildman–Crippen LogP) is 3.93. The average molecular weight is 259 g/mol. The summed E-state index contributed by atoms with van der Waals surface area (Å²) in [5, 5.41) is 0. The largest absolute Gasteiger partial charge is 0.371 e. The van der Waals surface area contributed by atoms with E-state index in [0.717, 1.165) is 25.7 Å². The Balaban J connectivity index is 2.24. The number of rotatable bonds is 2. The van der Waals surface area contributed by atoms with Gasteiger partial charge >= 0.3 is 0 Å². The second-order valence-corrected chi connectivity index (χ2v) is 6.65. The summed E-state index contributed by atoms with van der Waals surface area (Å²) in [6.45, 7) is 6.76. The molecule has 1 aromatic rings. The van der Waals surface area contributed by atoms with E-state index in [1.165, 1.54) is 11.3 Å². The Hall–Kier alpha value is -1.31. The number of anilines is 1. The molecule has 0 aromatic heterocycles. The molecule has 0 bridgehead atoms. The summed E-state index contributed by atoms with van der Waals surface area (Å²) in [6.07, 6.45) is 3.47. The summed E-state index contributed by atoms with van der Waals surface area (Å²) in [7, 11) is 2.17. The number of benzene rings is 1. The Labute approximate surface area is 116 Å². The van der Waals surface area contributed by atoms with E-state index in [4.69, 9.17) is 0 Å². The van der Waals surface area contributed by atoms with Gasteiger partial charge in [-0.25, -0.2) is 0 Å². The minimum Gasteiger partial charge on any atom is -0.371 e. The number of ketones is 1. The quantitative estimate of drug-likeness (QED) is 0.802. The molecule has 0 radical (unpaired) electrons. The van der Waals surface area contributed by atoms with E-state index in [9.17, 15) is 4.79 Å². The monoisotopic (exact) mass is 259 g/mol. The van der Waals surface area contributed by atoms with Crippen LogP contribution in [0.3, 0.4) is 0 Å². The van der Waals surface area contributed by atoms with Crippen LogP contribution >= 0.6 is 0 Å². The van der Waals surface area contributed by atoms with Gasteiger partial charge in [-0.15, -0.1) is 0 Å². The standard InChI is InChI=1S/C17H25NO/c1-17(2,3)15-7-5-6-8-16(15)18(4)13-9-11-14(19)12-10-13/h5-8,13H,9-12H2,1-4H3. The van der Waals surface area contributed by atoms with Crippen LogP contribution in [0.4, 0.5) is 5.69 Å². The molecule has 1 saturated carbocycles. The third-order valence-corrected chi connectivity index (χ3v) is 4.15. The molecule has 0 atom stereocenters. The second-order valence-electron chi connectivity index (χ2n) is 6.65. The van der Waals surface area contributed by atoms with Crippen LogP contribution in [0.25, 0.3) is 0 Å². The Morgan fingerprint density at radius 1 is 1.11 bits per heavy atom. The van der Waals surface area contributed by atoms with E-state index in [2.05, 4.69) is 57.0 Å². The highest BCUT2D eigenvalue weighted by Gasteiger charge is 2.26. The Kier molecular flexibility index (Phi) is 3.98. The van der Waals surface area contributed by atoms with Crippen molar-refractivity contribution < 1.29 is 4.79 Å². The maximum Gasteiger partial charge on any atom is 0.133 e. The number of para-hydroxylation sites is 1. The molecule has 1 fully saturated rings. The van der Waals surface area contributed by atoms with Gasteiger partial charge in [0.05, 0.1) is 0 Å². The first kappa shape index (κ1) is 14.1. The molecular formula is C17H25NO. The molecule has 2 rings (SSSR count). The van der Waals surface area contributed by atoms with Crippen LogP contribution in [-0.2, 0) is 10.2 Å². The smallest absolute Gasteiger partial charge is 0.133 e. The zero-order valence-corrected chi connectivity index (χ0v) is 12.6. The van der Waals surface area contributed by atoms with Crippen molar-refractivity contribution in [2.45, 2.75) is 57.9 Å². The summed E-state index contributed by atoms with van der Waals surface area (Å²) >= 11 is 0. The predicted molar refractivity (Wildman–Crippen MR) is 80.8 cm³/mol. The minimum atomic E-state index is 0.148. The van der Waals surface area contributed by atoms with Crippen LogP contribution in [0.15, 0.2) is 24.3 Å². The lowest BCUT2D eigenvalue weighted by Crippen LogP contribution is -2.36. The zero-order chi connectivity index (χ0) is 14.0. The van der Waals surface area contributed by atoms with E-state index in [-0.39, 0.29) is 5.41 Å². The topological polar surface area (TPSA) is 20.3 Å². The zero-order valence-electron chi connectivity index (χ0n) is 12.6. The lowest BCUT2D eigenvalue weighted by Gasteiger charge is -2.36. The van der Waals surface area contributed by atoms with Crippen molar-refractivity contribution in [3.63, 3.8) is 0 Å². The van der Waals surface area contributed by atoms with Gasteiger partial charge in [-0.2, -0.15) is 0 Å². The molecule has 0 saturated heterocycles. The molecule has 2 nitrogen and oxygen atoms in total. The maximum absolute atomic E-state index is 11.4. The summed E-state index contributed by atoms with van der Waals surface area (Å²) in [5.74, 6) is 0.425. The van der Waals surface area contributed by atoms with Gasteiger partial charge in [-0.05, 0) is 29.9 Å². The number of carbonyl (C=O) groups excluding carboxylic acids is 1. The molecule has 1 aliphatic rings. The van der Waals surface area contributed by atoms with Gasteiger partial charge < -0.3 is 4.90 Å². The third kappa shape index (κ3) is 3.17. The van der Waals surface area contributed by atoms with Crippen molar-refractivity contribution in [1.82, 2.24) is 0 Å². The van der Waals surface area contributed by atoms with Crippen LogP contribution in [0, 0.1) is 0 Å².